The van der Waals surface area contributed by atoms with Crippen molar-refractivity contribution >= 4 is 8.80 Å². The first-order valence-corrected chi connectivity index (χ1v) is 8.86. The summed E-state index contributed by atoms with van der Waals surface area (Å²) >= 11 is 0. The summed E-state index contributed by atoms with van der Waals surface area (Å²) in [6.45, 7) is 8.53. The minimum Gasteiger partial charge on any atom is -0.373 e. The molecule has 0 amide bonds. The Balaban J connectivity index is 2.51. The number of hydrogen-bond acceptors (Lipinski definition) is 4. The summed E-state index contributed by atoms with van der Waals surface area (Å²) in [5.41, 5.74) is 1.25. The molecule has 1 aromatic rings. The summed E-state index contributed by atoms with van der Waals surface area (Å²) in [5, 5.41) is 3.38. The molecule has 0 saturated carbocycles. The number of hydrogen-bond donors (Lipinski definition) is 1. The summed E-state index contributed by atoms with van der Waals surface area (Å²) < 4.78 is 17.3. The van der Waals surface area contributed by atoms with Crippen molar-refractivity contribution in [3.8, 4) is 0 Å². The zero-order valence-electron chi connectivity index (χ0n) is 12.1. The third-order valence-corrected chi connectivity index (χ3v) is 5.47. The Morgan fingerprint density at radius 1 is 0.895 bits per heavy atom. The Kier molecular flexibility index (Phi) is 7.93. The van der Waals surface area contributed by atoms with Gasteiger partial charge in [-0.1, -0.05) is 30.3 Å². The maximum Gasteiger partial charge on any atom is 0.515 e. The monoisotopic (exact) mass is 283 g/mol. The third kappa shape index (κ3) is 5.84. The van der Waals surface area contributed by atoms with Crippen LogP contribution in [-0.4, -0.2) is 34.8 Å². The van der Waals surface area contributed by atoms with Crippen LogP contribution in [0.4, 0.5) is 0 Å². The van der Waals surface area contributed by atoms with Gasteiger partial charge in [-0.15, -0.1) is 0 Å². The summed E-state index contributed by atoms with van der Waals surface area (Å²) in [4.78, 5) is 0. The zero-order valence-corrected chi connectivity index (χ0v) is 13.1. The third-order valence-electron chi connectivity index (χ3n) is 2.61. The Hall–Kier alpha value is -0.723. The molecule has 0 aliphatic carbocycles. The van der Waals surface area contributed by atoms with Gasteiger partial charge in [0, 0.05) is 26.4 Å². The van der Waals surface area contributed by atoms with E-state index in [1.165, 1.54) is 5.56 Å². The predicted molar refractivity (Wildman–Crippen MR) is 78.8 cm³/mol. The molecule has 0 spiro atoms. The fourth-order valence-corrected chi connectivity index (χ4v) is 4.20. The first kappa shape index (κ1) is 16.3. The number of rotatable bonds is 10. The molecule has 0 radical (unpaired) electrons. The van der Waals surface area contributed by atoms with Crippen molar-refractivity contribution in [1.29, 1.82) is 0 Å². The molecular formula is C14H25NO3Si. The van der Waals surface area contributed by atoms with Crippen molar-refractivity contribution in [3.63, 3.8) is 0 Å². The van der Waals surface area contributed by atoms with Crippen molar-refractivity contribution in [2.45, 2.75) is 27.3 Å². The van der Waals surface area contributed by atoms with Gasteiger partial charge in [-0.3, -0.25) is 0 Å². The van der Waals surface area contributed by atoms with E-state index in [0.29, 0.717) is 26.0 Å². The molecule has 0 atom stereocenters. The molecule has 108 valence electrons. The number of nitrogens with one attached hydrogen (secondary N) is 1. The molecule has 1 N–H and O–H groups in total. The highest BCUT2D eigenvalue weighted by Gasteiger charge is 2.39. The van der Waals surface area contributed by atoms with Crippen LogP contribution in [0.25, 0.3) is 0 Å². The largest absolute Gasteiger partial charge is 0.515 e. The lowest BCUT2D eigenvalue weighted by Crippen LogP contribution is -2.54. The standard InChI is InChI=1S/C14H25NO3Si/c1-4-16-19(17-5-2,18-6-3)13-15-12-14-10-8-7-9-11-14/h7-11,15H,4-6,12-13H2,1-3H3. The van der Waals surface area contributed by atoms with Gasteiger partial charge in [0.1, 0.15) is 0 Å². The van der Waals surface area contributed by atoms with Crippen LogP contribution in [0.5, 0.6) is 0 Å². The highest BCUT2D eigenvalue weighted by Crippen LogP contribution is 2.09. The van der Waals surface area contributed by atoms with Gasteiger partial charge in [-0.05, 0) is 26.3 Å². The highest BCUT2D eigenvalue weighted by atomic mass is 28.4. The molecule has 1 rings (SSSR count). The van der Waals surface area contributed by atoms with Crippen LogP contribution in [0.1, 0.15) is 26.3 Å². The summed E-state index contributed by atoms with van der Waals surface area (Å²) in [7, 11) is -2.56. The average molecular weight is 283 g/mol. The maximum atomic E-state index is 5.78. The van der Waals surface area contributed by atoms with Crippen molar-refractivity contribution in [2.75, 3.05) is 26.0 Å². The van der Waals surface area contributed by atoms with Gasteiger partial charge in [-0.25, -0.2) is 0 Å². The fraction of sp³-hybridized carbons (Fsp3) is 0.571. The molecule has 0 heterocycles. The highest BCUT2D eigenvalue weighted by molar-refractivity contribution is 6.60. The van der Waals surface area contributed by atoms with Crippen molar-refractivity contribution in [1.82, 2.24) is 5.32 Å². The molecule has 0 aliphatic rings. The summed E-state index contributed by atoms with van der Waals surface area (Å²) in [5.74, 6) is 0. The Labute approximate surface area is 117 Å². The van der Waals surface area contributed by atoms with Crippen LogP contribution in [0.15, 0.2) is 30.3 Å². The molecule has 5 heteroatoms. The van der Waals surface area contributed by atoms with Gasteiger partial charge in [0.2, 0.25) is 0 Å². The second-order valence-electron chi connectivity index (χ2n) is 4.07. The first-order chi connectivity index (χ1) is 9.26. The molecule has 19 heavy (non-hydrogen) atoms. The van der Waals surface area contributed by atoms with Gasteiger partial charge in [0.15, 0.2) is 0 Å². The van der Waals surface area contributed by atoms with E-state index in [1.807, 2.05) is 39.0 Å². The minimum absolute atomic E-state index is 0.610. The van der Waals surface area contributed by atoms with Crippen LogP contribution < -0.4 is 5.32 Å². The molecule has 0 fully saturated rings. The van der Waals surface area contributed by atoms with E-state index in [-0.39, 0.29) is 0 Å². The van der Waals surface area contributed by atoms with Gasteiger partial charge in [0.25, 0.3) is 0 Å². The van der Waals surface area contributed by atoms with Crippen molar-refractivity contribution < 1.29 is 13.3 Å². The second-order valence-corrected chi connectivity index (χ2v) is 6.66. The fourth-order valence-electron chi connectivity index (χ4n) is 1.89. The maximum absolute atomic E-state index is 5.78. The average Bonchev–Trinajstić information content (AvgIpc) is 2.41. The SMILES string of the molecule is CCO[Si](CNCc1ccccc1)(OCC)OCC. The molecule has 4 nitrogen and oxygen atoms in total. The van der Waals surface area contributed by atoms with Crippen LogP contribution in [-0.2, 0) is 19.8 Å². The molecule has 0 aromatic heterocycles. The first-order valence-electron chi connectivity index (χ1n) is 6.92. The van der Waals surface area contributed by atoms with E-state index in [4.69, 9.17) is 13.3 Å². The van der Waals surface area contributed by atoms with Gasteiger partial charge in [-0.2, -0.15) is 0 Å². The lowest BCUT2D eigenvalue weighted by Gasteiger charge is -2.28. The van der Waals surface area contributed by atoms with Crippen LogP contribution in [0.2, 0.25) is 0 Å². The second kappa shape index (κ2) is 9.22. The normalized spacial score (nSPS) is 11.7. The topological polar surface area (TPSA) is 39.7 Å². The Bertz CT molecular complexity index is 318. The minimum atomic E-state index is -2.56. The molecular weight excluding hydrogens is 258 g/mol. The van der Waals surface area contributed by atoms with E-state index >= 15 is 0 Å². The quantitative estimate of drug-likeness (QED) is 0.669. The summed E-state index contributed by atoms with van der Waals surface area (Å²) in [6, 6.07) is 10.3. The Morgan fingerprint density at radius 2 is 1.42 bits per heavy atom. The molecule has 0 aliphatic heterocycles. The van der Waals surface area contributed by atoms with Gasteiger partial charge in [0.05, 0.1) is 6.17 Å². The molecule has 0 unspecified atom stereocenters. The zero-order chi connectivity index (χ0) is 14.0. The van der Waals surface area contributed by atoms with E-state index in [9.17, 15) is 0 Å². The van der Waals surface area contributed by atoms with E-state index in [2.05, 4.69) is 17.4 Å². The van der Waals surface area contributed by atoms with E-state index in [0.717, 1.165) is 6.54 Å². The van der Waals surface area contributed by atoms with Crippen molar-refractivity contribution in [2.24, 2.45) is 0 Å². The van der Waals surface area contributed by atoms with Crippen LogP contribution >= 0.6 is 0 Å². The van der Waals surface area contributed by atoms with Gasteiger partial charge >= 0.3 is 8.80 Å². The van der Waals surface area contributed by atoms with E-state index in [1.54, 1.807) is 0 Å². The lowest BCUT2D eigenvalue weighted by molar-refractivity contribution is 0.0700. The lowest BCUT2D eigenvalue weighted by atomic mass is 10.2. The smallest absolute Gasteiger partial charge is 0.373 e. The molecule has 0 saturated heterocycles. The summed E-state index contributed by atoms with van der Waals surface area (Å²) in [6.07, 6.45) is 0.636. The molecule has 1 aromatic carbocycles. The Morgan fingerprint density at radius 3 is 1.89 bits per heavy atom. The number of benzene rings is 1. The predicted octanol–water partition coefficient (Wildman–Crippen LogP) is 2.36. The van der Waals surface area contributed by atoms with Crippen LogP contribution in [0, 0.1) is 0 Å². The van der Waals surface area contributed by atoms with Crippen LogP contribution in [0.3, 0.4) is 0 Å². The van der Waals surface area contributed by atoms with E-state index < -0.39 is 8.80 Å². The molecule has 0 bridgehead atoms. The van der Waals surface area contributed by atoms with Crippen molar-refractivity contribution in [3.05, 3.63) is 35.9 Å². The van der Waals surface area contributed by atoms with Gasteiger partial charge < -0.3 is 18.6 Å².